The molecule has 2 N–H and O–H groups in total. The zero-order valence-electron chi connectivity index (χ0n) is 16.5. The van der Waals surface area contributed by atoms with Crippen LogP contribution in [0.1, 0.15) is 40.5 Å². The third kappa shape index (κ3) is 3.60. The van der Waals surface area contributed by atoms with E-state index in [0.717, 1.165) is 33.5 Å². The van der Waals surface area contributed by atoms with Crippen molar-refractivity contribution in [2.45, 2.75) is 26.2 Å². The molecule has 3 heterocycles. The Hall–Kier alpha value is -3.22. The highest BCUT2D eigenvalue weighted by molar-refractivity contribution is 6.13. The van der Waals surface area contributed by atoms with E-state index in [2.05, 4.69) is 15.6 Å². The molecule has 0 saturated heterocycles. The lowest BCUT2D eigenvalue weighted by molar-refractivity contribution is -0.118. The van der Waals surface area contributed by atoms with E-state index in [-0.39, 0.29) is 17.5 Å². The number of carbonyl (C=O) groups is 2. The number of rotatable bonds is 5. The van der Waals surface area contributed by atoms with Gasteiger partial charge in [0.15, 0.2) is 5.78 Å². The van der Waals surface area contributed by atoms with E-state index < -0.39 is 0 Å². The number of carbonyl (C=O) groups excluding carboxylic acids is 2. The molecule has 1 aliphatic heterocycles. The van der Waals surface area contributed by atoms with Crippen LogP contribution in [-0.2, 0) is 24.7 Å². The molecule has 7 heteroatoms. The molecular formula is C22H23FN4O2. The quantitative estimate of drug-likeness (QED) is 0.698. The summed E-state index contributed by atoms with van der Waals surface area (Å²) >= 11 is 0. The summed E-state index contributed by atoms with van der Waals surface area (Å²) in [4.78, 5) is 28.7. The van der Waals surface area contributed by atoms with E-state index in [9.17, 15) is 14.0 Å². The fraction of sp³-hybridized carbons (Fsp3) is 0.318. The van der Waals surface area contributed by atoms with E-state index in [4.69, 9.17) is 0 Å². The first-order valence-corrected chi connectivity index (χ1v) is 9.70. The number of amides is 1. The molecule has 1 amide bonds. The van der Waals surface area contributed by atoms with E-state index in [0.29, 0.717) is 37.9 Å². The second-order valence-corrected chi connectivity index (χ2v) is 7.37. The van der Waals surface area contributed by atoms with Gasteiger partial charge in [0.1, 0.15) is 11.5 Å². The number of Topliss-reactive ketones (excluding diaryl/α,β-unsaturated/α-hetero) is 1. The fourth-order valence-electron chi connectivity index (χ4n) is 4.03. The van der Waals surface area contributed by atoms with Gasteiger partial charge in [-0.3, -0.25) is 9.59 Å². The third-order valence-electron chi connectivity index (χ3n) is 5.41. The molecule has 0 unspecified atom stereocenters. The van der Waals surface area contributed by atoms with Gasteiger partial charge in [0.2, 0.25) is 5.91 Å². The van der Waals surface area contributed by atoms with E-state index in [1.807, 2.05) is 11.6 Å². The summed E-state index contributed by atoms with van der Waals surface area (Å²) in [6.45, 7) is 2.56. The molecule has 6 nitrogen and oxygen atoms in total. The number of ketones is 1. The molecule has 0 bridgehead atoms. The van der Waals surface area contributed by atoms with Gasteiger partial charge in [-0.2, -0.15) is 0 Å². The SMILES string of the molecule is CC(=O)NCCc1c(Cc2ccc(F)cc2)n(C)c2ncc3c(c12)C(=O)CCN3. The number of nitrogens with one attached hydrogen (secondary N) is 2. The first-order chi connectivity index (χ1) is 14.0. The number of anilines is 1. The maximum Gasteiger partial charge on any atom is 0.216 e. The Kier molecular flexibility index (Phi) is 5.05. The van der Waals surface area contributed by atoms with Crippen molar-refractivity contribution in [3.63, 3.8) is 0 Å². The second kappa shape index (κ2) is 7.66. The van der Waals surface area contributed by atoms with Crippen molar-refractivity contribution in [2.24, 2.45) is 7.05 Å². The lowest BCUT2D eigenvalue weighted by atomic mass is 9.95. The highest BCUT2D eigenvalue weighted by Crippen LogP contribution is 2.35. The molecule has 0 aliphatic carbocycles. The van der Waals surface area contributed by atoms with Gasteiger partial charge in [-0.05, 0) is 29.7 Å². The lowest BCUT2D eigenvalue weighted by Gasteiger charge is -2.18. The van der Waals surface area contributed by atoms with Crippen LogP contribution in [0.25, 0.3) is 11.0 Å². The Balaban J connectivity index is 1.87. The van der Waals surface area contributed by atoms with Crippen LogP contribution in [0.3, 0.4) is 0 Å². The monoisotopic (exact) mass is 394 g/mol. The molecule has 0 atom stereocenters. The number of aromatic nitrogens is 2. The predicted octanol–water partition coefficient (Wildman–Crippen LogP) is 2.98. The van der Waals surface area contributed by atoms with Crippen LogP contribution in [0.2, 0.25) is 0 Å². The van der Waals surface area contributed by atoms with E-state index in [1.54, 1.807) is 18.3 Å². The maximum atomic E-state index is 13.3. The Bertz CT molecular complexity index is 1100. The first-order valence-electron chi connectivity index (χ1n) is 9.70. The number of nitrogens with zero attached hydrogens (tertiary/aromatic N) is 2. The molecule has 4 rings (SSSR count). The van der Waals surface area contributed by atoms with Crippen molar-refractivity contribution < 1.29 is 14.0 Å². The Morgan fingerprint density at radius 3 is 2.79 bits per heavy atom. The molecule has 1 aromatic carbocycles. The van der Waals surface area contributed by atoms with Crippen LogP contribution in [0.4, 0.5) is 10.1 Å². The Morgan fingerprint density at radius 2 is 2.07 bits per heavy atom. The summed E-state index contributed by atoms with van der Waals surface area (Å²) in [7, 11) is 1.93. The number of fused-ring (bicyclic) bond motifs is 3. The van der Waals surface area contributed by atoms with Crippen molar-refractivity contribution >= 4 is 28.4 Å². The van der Waals surface area contributed by atoms with Crippen molar-refractivity contribution in [3.8, 4) is 0 Å². The lowest BCUT2D eigenvalue weighted by Crippen LogP contribution is -2.23. The summed E-state index contributed by atoms with van der Waals surface area (Å²) in [6.07, 6.45) is 3.32. The summed E-state index contributed by atoms with van der Waals surface area (Å²) in [6, 6.07) is 6.42. The van der Waals surface area contributed by atoms with Gasteiger partial charge in [0.25, 0.3) is 0 Å². The number of hydrogen-bond donors (Lipinski definition) is 2. The normalized spacial score (nSPS) is 13.3. The number of benzene rings is 1. The fourth-order valence-corrected chi connectivity index (χ4v) is 4.03. The summed E-state index contributed by atoms with van der Waals surface area (Å²) < 4.78 is 15.3. The van der Waals surface area contributed by atoms with Crippen molar-refractivity contribution in [1.82, 2.24) is 14.9 Å². The van der Waals surface area contributed by atoms with Gasteiger partial charge >= 0.3 is 0 Å². The molecule has 0 saturated carbocycles. The summed E-state index contributed by atoms with van der Waals surface area (Å²) in [5.41, 5.74) is 5.17. The largest absolute Gasteiger partial charge is 0.383 e. The first kappa shape index (κ1) is 19.1. The van der Waals surface area contributed by atoms with Crippen LogP contribution >= 0.6 is 0 Å². The summed E-state index contributed by atoms with van der Waals surface area (Å²) in [5, 5.41) is 6.96. The highest BCUT2D eigenvalue weighted by Gasteiger charge is 2.26. The minimum atomic E-state index is -0.274. The summed E-state index contributed by atoms with van der Waals surface area (Å²) in [5.74, 6) is -0.266. The van der Waals surface area contributed by atoms with Gasteiger partial charge in [-0.1, -0.05) is 12.1 Å². The average Bonchev–Trinajstić information content (AvgIpc) is 2.95. The molecule has 0 radical (unpaired) electrons. The van der Waals surface area contributed by atoms with E-state index >= 15 is 0 Å². The van der Waals surface area contributed by atoms with Gasteiger partial charge in [-0.25, -0.2) is 9.37 Å². The smallest absolute Gasteiger partial charge is 0.216 e. The van der Waals surface area contributed by atoms with Crippen molar-refractivity contribution in [3.05, 3.63) is 58.7 Å². The molecule has 0 spiro atoms. The highest BCUT2D eigenvalue weighted by atomic mass is 19.1. The molecular weight excluding hydrogens is 371 g/mol. The molecule has 3 aromatic rings. The minimum absolute atomic E-state index is 0.0942. The van der Waals surface area contributed by atoms with Crippen molar-refractivity contribution in [1.29, 1.82) is 0 Å². The minimum Gasteiger partial charge on any atom is -0.383 e. The topological polar surface area (TPSA) is 76.0 Å². The van der Waals surface area contributed by atoms with E-state index in [1.165, 1.54) is 19.1 Å². The zero-order valence-corrected chi connectivity index (χ0v) is 16.5. The van der Waals surface area contributed by atoms with Gasteiger partial charge in [0.05, 0.1) is 17.4 Å². The van der Waals surface area contributed by atoms with Gasteiger partial charge in [0, 0.05) is 51.0 Å². The van der Waals surface area contributed by atoms with Crippen LogP contribution in [0, 0.1) is 5.82 Å². The van der Waals surface area contributed by atoms with Gasteiger partial charge in [-0.15, -0.1) is 0 Å². The molecule has 29 heavy (non-hydrogen) atoms. The third-order valence-corrected chi connectivity index (χ3v) is 5.41. The van der Waals surface area contributed by atoms with Crippen LogP contribution < -0.4 is 10.6 Å². The number of aryl methyl sites for hydroxylation is 1. The molecule has 1 aliphatic rings. The number of halogens is 1. The second-order valence-electron chi connectivity index (χ2n) is 7.37. The van der Waals surface area contributed by atoms with Crippen LogP contribution in [0.5, 0.6) is 0 Å². The average molecular weight is 394 g/mol. The molecule has 150 valence electrons. The molecule has 2 aromatic heterocycles. The van der Waals surface area contributed by atoms with Crippen LogP contribution in [-0.4, -0.2) is 34.3 Å². The predicted molar refractivity (Wildman–Crippen MR) is 110 cm³/mol. The Labute approximate surface area is 168 Å². The Morgan fingerprint density at radius 1 is 1.31 bits per heavy atom. The van der Waals surface area contributed by atoms with Crippen molar-refractivity contribution in [2.75, 3.05) is 18.4 Å². The zero-order chi connectivity index (χ0) is 20.5. The maximum absolute atomic E-state index is 13.3. The number of pyridine rings is 1. The standard InChI is InChI=1S/C22H23FN4O2/c1-13(28)24-9-7-16-18(11-14-3-5-15(23)6-4-14)27(2)22-20(16)21-17(12-26-22)25-10-8-19(21)29/h3-6,12,25H,7-11H2,1-2H3,(H,24,28). The number of hydrogen-bond acceptors (Lipinski definition) is 4. The van der Waals surface area contributed by atoms with Gasteiger partial charge < -0.3 is 15.2 Å². The molecule has 0 fully saturated rings. The van der Waals surface area contributed by atoms with Crippen LogP contribution in [0.15, 0.2) is 30.5 Å².